The van der Waals surface area contributed by atoms with Crippen molar-refractivity contribution in [1.29, 1.82) is 0 Å². The topological polar surface area (TPSA) is 74.8 Å². The van der Waals surface area contributed by atoms with Crippen molar-refractivity contribution in [1.82, 2.24) is 9.97 Å². The largest absolute Gasteiger partial charge is 0.414 e. The highest BCUT2D eigenvalue weighted by Crippen LogP contribution is 2.44. The van der Waals surface area contributed by atoms with Gasteiger partial charge in [0.1, 0.15) is 5.82 Å². The standard InChI is InChI=1S/C57H108N2O5Si3/c1-17-18-19-28-34-45(62-65(11,12)55(2,3)4)35-33-39-53(64-67(15,16)57(8,9)10)51-44-42-49(61-51)48-41-43-50(60-48)52(63-66(13,14)56(5,6)7)38-29-26-24-22-20-21-23-25-27-30-40-54-58-46-36-31-32-37-47(46)59-54/h31-32,36-37,45,48-53H,17-30,33-35,38-44H2,1-16H3,(H,58,59)/t45-,48+,49+,50+,51+,52+,53-/m0/s1. The molecule has 10 heteroatoms. The van der Waals surface area contributed by atoms with Crippen LogP contribution in [-0.2, 0) is 29.2 Å². The van der Waals surface area contributed by atoms with Crippen LogP contribution < -0.4 is 0 Å². The van der Waals surface area contributed by atoms with Crippen LogP contribution >= 0.6 is 0 Å². The number of ether oxygens (including phenoxy) is 2. The Bertz CT molecular complexity index is 1640. The SMILES string of the molecule is CCCCCC[C@@H](CCC[C@H](O[Si](C)(C)C(C)(C)C)[C@H]1CC[C@H]([C@H]2CC[C@H]([C@@H](CCCCCCCCCCCCc3nc4ccccc4[nH]3)O[Si](C)(C)C(C)(C)C)O2)O1)O[Si](C)(C)C(C)(C)C. The van der Waals surface area contributed by atoms with Crippen molar-refractivity contribution < 1.29 is 22.8 Å². The van der Waals surface area contributed by atoms with E-state index in [2.05, 4.69) is 138 Å². The molecule has 1 N–H and O–H groups in total. The van der Waals surface area contributed by atoms with Crippen LogP contribution in [0.5, 0.6) is 0 Å². The highest BCUT2D eigenvalue weighted by molar-refractivity contribution is 6.75. The molecule has 0 spiro atoms. The van der Waals surface area contributed by atoms with Gasteiger partial charge in [-0.1, -0.05) is 165 Å². The summed E-state index contributed by atoms with van der Waals surface area (Å²) in [6.07, 6.45) is 30.3. The number of para-hydroxylation sites is 2. The summed E-state index contributed by atoms with van der Waals surface area (Å²) in [5.41, 5.74) is 2.24. The van der Waals surface area contributed by atoms with Gasteiger partial charge in [-0.25, -0.2) is 4.98 Å². The molecule has 4 rings (SSSR count). The smallest absolute Gasteiger partial charge is 0.192 e. The molecular formula is C57H108N2O5Si3. The molecule has 2 fully saturated rings. The second-order valence-corrected chi connectivity index (χ2v) is 40.2. The van der Waals surface area contributed by atoms with Crippen molar-refractivity contribution in [2.24, 2.45) is 0 Å². The molecule has 2 aromatic rings. The number of nitrogens with zero attached hydrogens (tertiary/aromatic N) is 1. The number of hydrogen-bond acceptors (Lipinski definition) is 6. The van der Waals surface area contributed by atoms with Gasteiger partial charge in [-0.15, -0.1) is 0 Å². The Morgan fingerprint density at radius 3 is 1.45 bits per heavy atom. The molecule has 7 nitrogen and oxygen atoms in total. The summed E-state index contributed by atoms with van der Waals surface area (Å²) in [5.74, 6) is 1.14. The van der Waals surface area contributed by atoms with Crippen LogP contribution in [0.3, 0.4) is 0 Å². The van der Waals surface area contributed by atoms with E-state index in [9.17, 15) is 0 Å². The molecule has 0 saturated carbocycles. The van der Waals surface area contributed by atoms with Crippen LogP contribution in [0.25, 0.3) is 11.0 Å². The van der Waals surface area contributed by atoms with Crippen LogP contribution in [0.1, 0.15) is 223 Å². The minimum Gasteiger partial charge on any atom is -0.414 e. The number of unbranched alkanes of at least 4 members (excludes halogenated alkanes) is 12. The number of imidazole rings is 1. The lowest BCUT2D eigenvalue weighted by atomic mass is 9.99. The minimum atomic E-state index is -2.02. The van der Waals surface area contributed by atoms with Crippen LogP contribution in [-0.4, -0.2) is 77.6 Å². The van der Waals surface area contributed by atoms with Crippen molar-refractivity contribution in [3.8, 4) is 0 Å². The van der Waals surface area contributed by atoms with Crippen LogP contribution in [0.4, 0.5) is 0 Å². The molecule has 0 aliphatic carbocycles. The van der Waals surface area contributed by atoms with Gasteiger partial charge in [0.05, 0.1) is 47.7 Å². The minimum absolute atomic E-state index is 0.116. The number of aromatic nitrogens is 2. The van der Waals surface area contributed by atoms with Gasteiger partial charge in [-0.3, -0.25) is 0 Å². The van der Waals surface area contributed by atoms with Gasteiger partial charge in [-0.2, -0.15) is 0 Å². The summed E-state index contributed by atoms with van der Waals surface area (Å²) in [6.45, 7) is 38.2. The molecule has 0 unspecified atom stereocenters. The first-order chi connectivity index (χ1) is 31.3. The van der Waals surface area contributed by atoms with Gasteiger partial charge in [0, 0.05) is 12.5 Å². The number of aryl methyl sites for hydroxylation is 1. The Labute approximate surface area is 417 Å². The summed E-state index contributed by atoms with van der Waals surface area (Å²) in [4.78, 5) is 8.23. The zero-order valence-electron chi connectivity index (χ0n) is 46.8. The third-order valence-corrected chi connectivity index (χ3v) is 30.7. The first-order valence-corrected chi connectivity index (χ1v) is 36.8. The number of rotatable bonds is 31. The van der Waals surface area contributed by atoms with E-state index in [0.717, 1.165) is 74.6 Å². The summed E-state index contributed by atoms with van der Waals surface area (Å²) in [5, 5.41) is 0.534. The van der Waals surface area contributed by atoms with Crippen molar-refractivity contribution in [2.75, 3.05) is 0 Å². The third-order valence-electron chi connectivity index (χ3n) is 17.2. The third kappa shape index (κ3) is 18.9. The molecular weight excluding hydrogens is 877 g/mol. The Kier molecular flexibility index (Phi) is 23.4. The van der Waals surface area contributed by atoms with Crippen molar-refractivity contribution in [2.45, 2.75) is 320 Å². The predicted octanol–water partition coefficient (Wildman–Crippen LogP) is 17.8. The Hall–Kier alpha value is -0.859. The van der Waals surface area contributed by atoms with Gasteiger partial charge in [0.25, 0.3) is 0 Å². The molecule has 2 aliphatic rings. The lowest BCUT2D eigenvalue weighted by Gasteiger charge is -2.41. The number of benzene rings is 1. The van der Waals surface area contributed by atoms with E-state index < -0.39 is 25.0 Å². The molecule has 67 heavy (non-hydrogen) atoms. The maximum absolute atomic E-state index is 7.34. The van der Waals surface area contributed by atoms with E-state index >= 15 is 0 Å². The number of aromatic amines is 1. The predicted molar refractivity (Wildman–Crippen MR) is 295 cm³/mol. The van der Waals surface area contributed by atoms with E-state index in [0.29, 0.717) is 6.10 Å². The Morgan fingerprint density at radius 1 is 0.537 bits per heavy atom. The maximum Gasteiger partial charge on any atom is 0.192 e. The fourth-order valence-electron chi connectivity index (χ4n) is 9.60. The van der Waals surface area contributed by atoms with Crippen LogP contribution in [0, 0.1) is 0 Å². The lowest BCUT2D eigenvalue weighted by molar-refractivity contribution is -0.107. The second-order valence-electron chi connectivity index (χ2n) is 26.0. The molecule has 0 bridgehead atoms. The Balaban J connectivity index is 1.26. The zero-order chi connectivity index (χ0) is 49.5. The summed E-state index contributed by atoms with van der Waals surface area (Å²) in [7, 11) is -5.86. The summed E-state index contributed by atoms with van der Waals surface area (Å²) < 4.78 is 36.0. The van der Waals surface area contributed by atoms with Crippen molar-refractivity contribution in [3.63, 3.8) is 0 Å². The Morgan fingerprint density at radius 2 is 0.955 bits per heavy atom. The maximum atomic E-state index is 7.34. The van der Waals surface area contributed by atoms with Gasteiger partial charge in [-0.05, 0) is 131 Å². The second kappa shape index (κ2) is 26.7. The monoisotopic (exact) mass is 985 g/mol. The summed E-state index contributed by atoms with van der Waals surface area (Å²) in [6, 6.07) is 8.35. The molecule has 0 amide bonds. The van der Waals surface area contributed by atoms with E-state index in [1.807, 2.05) is 0 Å². The molecule has 1 aromatic carbocycles. The van der Waals surface area contributed by atoms with E-state index in [-0.39, 0.29) is 51.7 Å². The van der Waals surface area contributed by atoms with E-state index in [1.165, 1.54) is 96.3 Å². The number of hydrogen-bond donors (Lipinski definition) is 1. The average molecular weight is 986 g/mol. The fourth-order valence-corrected chi connectivity index (χ4v) is 13.8. The lowest BCUT2D eigenvalue weighted by Crippen LogP contribution is -2.48. The first kappa shape index (κ1) is 58.7. The van der Waals surface area contributed by atoms with Gasteiger partial charge >= 0.3 is 0 Å². The molecule has 2 aliphatic heterocycles. The number of fused-ring (bicyclic) bond motifs is 1. The quantitative estimate of drug-likeness (QED) is 0.0599. The molecule has 388 valence electrons. The molecule has 2 saturated heterocycles. The number of H-pyrrole nitrogens is 1. The van der Waals surface area contributed by atoms with E-state index in [4.69, 9.17) is 27.7 Å². The van der Waals surface area contributed by atoms with Crippen LogP contribution in [0.2, 0.25) is 54.4 Å². The first-order valence-electron chi connectivity index (χ1n) is 28.1. The molecule has 1 aromatic heterocycles. The fraction of sp³-hybridized carbons (Fsp3) is 0.877. The molecule has 0 radical (unpaired) electrons. The van der Waals surface area contributed by atoms with Gasteiger partial charge in [0.2, 0.25) is 0 Å². The highest BCUT2D eigenvalue weighted by Gasteiger charge is 2.47. The van der Waals surface area contributed by atoms with Gasteiger partial charge in [0.15, 0.2) is 25.0 Å². The molecule has 7 atom stereocenters. The summed E-state index contributed by atoms with van der Waals surface area (Å²) >= 11 is 0. The van der Waals surface area contributed by atoms with Crippen molar-refractivity contribution >= 4 is 36.0 Å². The van der Waals surface area contributed by atoms with Gasteiger partial charge < -0.3 is 27.7 Å². The van der Waals surface area contributed by atoms with E-state index in [1.54, 1.807) is 0 Å². The van der Waals surface area contributed by atoms with Crippen LogP contribution in [0.15, 0.2) is 24.3 Å². The highest BCUT2D eigenvalue weighted by atomic mass is 28.4. The van der Waals surface area contributed by atoms with Crippen molar-refractivity contribution in [3.05, 3.63) is 30.1 Å². The zero-order valence-corrected chi connectivity index (χ0v) is 49.8. The number of nitrogens with one attached hydrogen (secondary N) is 1. The normalized spacial score (nSPS) is 21.7. The average Bonchev–Trinajstić information content (AvgIpc) is 4.01. The molecule has 3 heterocycles.